The predicted octanol–water partition coefficient (Wildman–Crippen LogP) is 3.48. The topological polar surface area (TPSA) is 15.3 Å². The van der Waals surface area contributed by atoms with Gasteiger partial charge in [0.2, 0.25) is 0 Å². The van der Waals surface area contributed by atoms with E-state index in [1.807, 2.05) is 0 Å². The van der Waals surface area contributed by atoms with E-state index >= 15 is 0 Å². The molecule has 0 fully saturated rings. The number of hydrogen-bond donors (Lipinski definition) is 1. The van der Waals surface area contributed by atoms with Crippen LogP contribution in [0.15, 0.2) is 22.7 Å². The van der Waals surface area contributed by atoms with Gasteiger partial charge < -0.3 is 10.2 Å². The smallest absolute Gasteiger partial charge is 0.0615 e. The molecular formula is C12H17BrN2. The molecule has 0 aromatic heterocycles. The summed E-state index contributed by atoms with van der Waals surface area (Å²) in [6, 6.07) is 7.06. The summed E-state index contributed by atoms with van der Waals surface area (Å²) in [4.78, 5) is 2.46. The normalized spacial score (nSPS) is 20.5. The van der Waals surface area contributed by atoms with Gasteiger partial charge in [0.15, 0.2) is 0 Å². The van der Waals surface area contributed by atoms with Crippen molar-refractivity contribution in [3.05, 3.63) is 22.7 Å². The highest BCUT2D eigenvalue weighted by Crippen LogP contribution is 2.33. The van der Waals surface area contributed by atoms with E-state index in [1.165, 1.54) is 17.8 Å². The van der Waals surface area contributed by atoms with E-state index in [0.717, 1.165) is 17.6 Å². The molecule has 1 unspecified atom stereocenters. The first kappa shape index (κ1) is 10.8. The zero-order valence-electron chi connectivity index (χ0n) is 9.26. The maximum absolute atomic E-state index is 3.54. The van der Waals surface area contributed by atoms with Gasteiger partial charge in [0.05, 0.1) is 11.4 Å². The second-order valence-corrected chi connectivity index (χ2v) is 4.93. The summed E-state index contributed by atoms with van der Waals surface area (Å²) in [5.74, 6) is 0. The summed E-state index contributed by atoms with van der Waals surface area (Å²) in [5, 5.41) is 3.48. The summed E-state index contributed by atoms with van der Waals surface area (Å²) >= 11 is 3.54. The summed E-state index contributed by atoms with van der Waals surface area (Å²) in [6.45, 7) is 6.63. The number of fused-ring (bicyclic) bond motifs is 1. The van der Waals surface area contributed by atoms with Gasteiger partial charge in [-0.2, -0.15) is 0 Å². The highest BCUT2D eigenvalue weighted by Gasteiger charge is 2.19. The molecule has 1 aromatic rings. The lowest BCUT2D eigenvalue weighted by molar-refractivity contribution is 0.626. The monoisotopic (exact) mass is 268 g/mol. The fourth-order valence-electron chi connectivity index (χ4n) is 2.18. The molecule has 1 aliphatic rings. The quantitative estimate of drug-likeness (QED) is 0.839. The van der Waals surface area contributed by atoms with Crippen molar-refractivity contribution in [3.63, 3.8) is 0 Å². The van der Waals surface area contributed by atoms with Gasteiger partial charge in [-0.1, -0.05) is 15.9 Å². The van der Waals surface area contributed by atoms with Crippen LogP contribution < -0.4 is 10.2 Å². The molecule has 15 heavy (non-hydrogen) atoms. The Balaban J connectivity index is 2.44. The van der Waals surface area contributed by atoms with Crippen molar-refractivity contribution < 1.29 is 0 Å². The summed E-state index contributed by atoms with van der Waals surface area (Å²) in [5.41, 5.74) is 2.57. The Kier molecular flexibility index (Phi) is 3.19. The van der Waals surface area contributed by atoms with Gasteiger partial charge in [-0.25, -0.2) is 0 Å². The van der Waals surface area contributed by atoms with E-state index in [9.17, 15) is 0 Å². The molecule has 1 atom stereocenters. The van der Waals surface area contributed by atoms with Gasteiger partial charge in [-0.15, -0.1) is 0 Å². The molecule has 0 saturated heterocycles. The van der Waals surface area contributed by atoms with Crippen LogP contribution in [0.3, 0.4) is 0 Å². The number of benzene rings is 1. The lowest BCUT2D eigenvalue weighted by atomic mass is 10.2. The van der Waals surface area contributed by atoms with Crippen LogP contribution in [0.5, 0.6) is 0 Å². The van der Waals surface area contributed by atoms with Crippen LogP contribution in [-0.2, 0) is 0 Å². The van der Waals surface area contributed by atoms with Crippen molar-refractivity contribution in [1.29, 1.82) is 0 Å². The third-order valence-electron chi connectivity index (χ3n) is 3.02. The highest BCUT2D eigenvalue weighted by atomic mass is 79.9. The molecule has 2 rings (SSSR count). The molecule has 1 heterocycles. The van der Waals surface area contributed by atoms with Crippen molar-refractivity contribution in [1.82, 2.24) is 0 Å². The molecule has 0 amide bonds. The van der Waals surface area contributed by atoms with Crippen molar-refractivity contribution >= 4 is 27.3 Å². The number of nitrogens with zero attached hydrogens (tertiary/aromatic N) is 1. The number of rotatable bonds is 1. The lowest BCUT2D eigenvalue weighted by Crippen LogP contribution is -2.32. The Morgan fingerprint density at radius 3 is 3.07 bits per heavy atom. The van der Waals surface area contributed by atoms with Gasteiger partial charge in [-0.05, 0) is 38.5 Å². The first-order valence-corrected chi connectivity index (χ1v) is 6.31. The van der Waals surface area contributed by atoms with Crippen molar-refractivity contribution in [2.45, 2.75) is 26.3 Å². The standard InChI is InChI=1S/C12H17BrN2/c1-3-15-9(2)6-7-14-11-5-4-10(13)8-12(11)15/h4-5,8-9,14H,3,6-7H2,1-2H3. The fraction of sp³-hybridized carbons (Fsp3) is 0.500. The van der Waals surface area contributed by atoms with Crippen LogP contribution in [0, 0.1) is 0 Å². The minimum atomic E-state index is 0.609. The molecule has 1 aromatic carbocycles. The average molecular weight is 269 g/mol. The molecule has 1 N–H and O–H groups in total. The summed E-state index contributed by atoms with van der Waals surface area (Å²) in [7, 11) is 0. The van der Waals surface area contributed by atoms with Crippen LogP contribution >= 0.6 is 15.9 Å². The van der Waals surface area contributed by atoms with Crippen LogP contribution in [0.4, 0.5) is 11.4 Å². The third-order valence-corrected chi connectivity index (χ3v) is 3.51. The first-order chi connectivity index (χ1) is 7.22. The number of anilines is 2. The molecule has 3 heteroatoms. The molecule has 2 nitrogen and oxygen atoms in total. The predicted molar refractivity (Wildman–Crippen MR) is 69.7 cm³/mol. The van der Waals surface area contributed by atoms with E-state index in [-0.39, 0.29) is 0 Å². The molecular weight excluding hydrogens is 252 g/mol. The van der Waals surface area contributed by atoms with Gasteiger partial charge in [-0.3, -0.25) is 0 Å². The second-order valence-electron chi connectivity index (χ2n) is 4.01. The van der Waals surface area contributed by atoms with E-state index < -0.39 is 0 Å². The zero-order valence-corrected chi connectivity index (χ0v) is 10.8. The third kappa shape index (κ3) is 2.12. The van der Waals surface area contributed by atoms with Crippen LogP contribution in [0.25, 0.3) is 0 Å². The van der Waals surface area contributed by atoms with Gasteiger partial charge >= 0.3 is 0 Å². The number of hydrogen-bond acceptors (Lipinski definition) is 2. The maximum Gasteiger partial charge on any atom is 0.0615 e. The Morgan fingerprint density at radius 2 is 2.33 bits per heavy atom. The molecule has 0 bridgehead atoms. The van der Waals surface area contributed by atoms with Crippen LogP contribution in [0.1, 0.15) is 20.3 Å². The molecule has 0 radical (unpaired) electrons. The average Bonchev–Trinajstić information content (AvgIpc) is 2.36. The molecule has 0 saturated carbocycles. The Morgan fingerprint density at radius 1 is 1.53 bits per heavy atom. The van der Waals surface area contributed by atoms with E-state index in [1.54, 1.807) is 0 Å². The van der Waals surface area contributed by atoms with Crippen molar-refractivity contribution in [2.75, 3.05) is 23.3 Å². The molecule has 0 spiro atoms. The highest BCUT2D eigenvalue weighted by molar-refractivity contribution is 9.10. The van der Waals surface area contributed by atoms with Crippen molar-refractivity contribution in [2.24, 2.45) is 0 Å². The van der Waals surface area contributed by atoms with Gasteiger partial charge in [0.25, 0.3) is 0 Å². The number of nitrogens with one attached hydrogen (secondary N) is 1. The number of halogens is 1. The Hall–Kier alpha value is -0.700. The lowest BCUT2D eigenvalue weighted by Gasteiger charge is -2.29. The summed E-state index contributed by atoms with van der Waals surface area (Å²) < 4.78 is 1.15. The minimum absolute atomic E-state index is 0.609. The molecule has 82 valence electrons. The first-order valence-electron chi connectivity index (χ1n) is 5.52. The zero-order chi connectivity index (χ0) is 10.8. The van der Waals surface area contributed by atoms with E-state index in [0.29, 0.717) is 6.04 Å². The molecule has 1 aliphatic heterocycles. The minimum Gasteiger partial charge on any atom is -0.383 e. The second kappa shape index (κ2) is 4.44. The van der Waals surface area contributed by atoms with Gasteiger partial charge in [0, 0.05) is 23.6 Å². The summed E-state index contributed by atoms with van der Waals surface area (Å²) in [6.07, 6.45) is 1.19. The maximum atomic E-state index is 3.54. The van der Waals surface area contributed by atoms with Gasteiger partial charge in [0.1, 0.15) is 0 Å². The van der Waals surface area contributed by atoms with Crippen LogP contribution in [-0.4, -0.2) is 19.1 Å². The molecule has 0 aliphatic carbocycles. The fourth-order valence-corrected chi connectivity index (χ4v) is 2.53. The largest absolute Gasteiger partial charge is 0.383 e. The van der Waals surface area contributed by atoms with Crippen LogP contribution in [0.2, 0.25) is 0 Å². The van der Waals surface area contributed by atoms with Crippen molar-refractivity contribution in [3.8, 4) is 0 Å². The Labute approximate surface area is 99.8 Å². The van der Waals surface area contributed by atoms with E-state index in [2.05, 4.69) is 58.2 Å². The SMILES string of the molecule is CCN1c2cc(Br)ccc2NCCC1C. The van der Waals surface area contributed by atoms with E-state index in [4.69, 9.17) is 0 Å². The Bertz CT molecular complexity index is 351.